The SMILES string of the molecule is COCC(=O)N(CC(=O)Nc1nccs1)CC1CC1. The summed E-state index contributed by atoms with van der Waals surface area (Å²) < 4.78 is 4.84. The van der Waals surface area contributed by atoms with Crippen LogP contribution in [0.15, 0.2) is 11.6 Å². The Bertz CT molecular complexity index is 431. The number of anilines is 1. The fraction of sp³-hybridized carbons (Fsp3) is 0.583. The summed E-state index contributed by atoms with van der Waals surface area (Å²) in [6.45, 7) is 0.697. The second kappa shape index (κ2) is 6.63. The predicted octanol–water partition coefficient (Wildman–Crippen LogP) is 0.967. The Hall–Kier alpha value is -1.47. The molecule has 19 heavy (non-hydrogen) atoms. The van der Waals surface area contributed by atoms with Crippen molar-refractivity contribution in [2.24, 2.45) is 5.92 Å². The molecule has 1 aliphatic rings. The fourth-order valence-electron chi connectivity index (χ4n) is 1.70. The molecule has 1 aromatic heterocycles. The van der Waals surface area contributed by atoms with E-state index < -0.39 is 0 Å². The van der Waals surface area contributed by atoms with Crippen LogP contribution < -0.4 is 5.32 Å². The van der Waals surface area contributed by atoms with Gasteiger partial charge in [-0.05, 0) is 18.8 Å². The van der Waals surface area contributed by atoms with Crippen molar-refractivity contribution in [3.63, 3.8) is 0 Å². The van der Waals surface area contributed by atoms with E-state index in [2.05, 4.69) is 10.3 Å². The Labute approximate surface area is 115 Å². The molecule has 1 fully saturated rings. The molecule has 0 atom stereocenters. The largest absolute Gasteiger partial charge is 0.375 e. The van der Waals surface area contributed by atoms with E-state index in [9.17, 15) is 9.59 Å². The minimum atomic E-state index is -0.222. The number of carbonyl (C=O) groups excluding carboxylic acids is 2. The number of ether oxygens (including phenoxy) is 1. The highest BCUT2D eigenvalue weighted by atomic mass is 32.1. The van der Waals surface area contributed by atoms with Crippen molar-refractivity contribution in [3.05, 3.63) is 11.6 Å². The number of carbonyl (C=O) groups is 2. The lowest BCUT2D eigenvalue weighted by molar-refractivity contribution is -0.138. The van der Waals surface area contributed by atoms with Gasteiger partial charge in [0.05, 0.1) is 0 Å². The molecule has 1 saturated carbocycles. The summed E-state index contributed by atoms with van der Waals surface area (Å²) in [5.41, 5.74) is 0. The minimum Gasteiger partial charge on any atom is -0.375 e. The van der Waals surface area contributed by atoms with E-state index in [-0.39, 0.29) is 25.0 Å². The van der Waals surface area contributed by atoms with Gasteiger partial charge in [-0.3, -0.25) is 9.59 Å². The smallest absolute Gasteiger partial charge is 0.249 e. The quantitative estimate of drug-likeness (QED) is 0.809. The monoisotopic (exact) mass is 283 g/mol. The van der Waals surface area contributed by atoms with Crippen LogP contribution in [0.4, 0.5) is 5.13 Å². The summed E-state index contributed by atoms with van der Waals surface area (Å²) in [5.74, 6) is 0.164. The molecule has 0 aromatic carbocycles. The number of hydrogen-bond acceptors (Lipinski definition) is 5. The average molecular weight is 283 g/mol. The van der Waals surface area contributed by atoms with Crippen molar-refractivity contribution in [3.8, 4) is 0 Å². The van der Waals surface area contributed by atoms with Crippen LogP contribution in [0.3, 0.4) is 0 Å². The van der Waals surface area contributed by atoms with Gasteiger partial charge in [0, 0.05) is 25.2 Å². The van der Waals surface area contributed by atoms with Gasteiger partial charge in [-0.15, -0.1) is 11.3 Å². The summed E-state index contributed by atoms with van der Waals surface area (Å²) in [7, 11) is 1.48. The number of rotatable bonds is 7. The first-order valence-electron chi connectivity index (χ1n) is 6.15. The van der Waals surface area contributed by atoms with E-state index >= 15 is 0 Å². The molecule has 104 valence electrons. The van der Waals surface area contributed by atoms with Crippen molar-refractivity contribution >= 4 is 28.3 Å². The third kappa shape index (κ3) is 4.60. The van der Waals surface area contributed by atoms with Crippen molar-refractivity contribution in [2.45, 2.75) is 12.8 Å². The van der Waals surface area contributed by atoms with Crippen molar-refractivity contribution in [1.82, 2.24) is 9.88 Å². The van der Waals surface area contributed by atoms with Gasteiger partial charge in [0.15, 0.2) is 5.13 Å². The number of methoxy groups -OCH3 is 1. The molecule has 0 spiro atoms. The maximum absolute atomic E-state index is 11.9. The molecule has 7 heteroatoms. The third-order valence-electron chi connectivity index (χ3n) is 2.81. The number of aromatic nitrogens is 1. The van der Waals surface area contributed by atoms with Crippen molar-refractivity contribution in [1.29, 1.82) is 0 Å². The first-order valence-corrected chi connectivity index (χ1v) is 7.03. The lowest BCUT2D eigenvalue weighted by Crippen LogP contribution is -2.41. The van der Waals surface area contributed by atoms with Crippen LogP contribution in [-0.4, -0.2) is 48.5 Å². The van der Waals surface area contributed by atoms with E-state index in [0.717, 1.165) is 12.8 Å². The van der Waals surface area contributed by atoms with E-state index in [1.54, 1.807) is 16.5 Å². The van der Waals surface area contributed by atoms with Crippen LogP contribution in [0, 0.1) is 5.92 Å². The van der Waals surface area contributed by atoms with Crippen LogP contribution in [0.5, 0.6) is 0 Å². The summed E-state index contributed by atoms with van der Waals surface area (Å²) in [6, 6.07) is 0. The molecule has 0 aliphatic heterocycles. The highest BCUT2D eigenvalue weighted by molar-refractivity contribution is 7.13. The Morgan fingerprint density at radius 2 is 2.37 bits per heavy atom. The Kier molecular flexibility index (Phi) is 4.86. The molecule has 0 saturated heterocycles. The van der Waals surface area contributed by atoms with Gasteiger partial charge in [0.1, 0.15) is 13.2 Å². The molecular formula is C12H17N3O3S. The standard InChI is InChI=1S/C12H17N3O3S/c1-18-8-11(17)15(6-9-2-3-9)7-10(16)14-12-13-4-5-19-12/h4-5,9H,2-3,6-8H2,1H3,(H,13,14,16). The first-order chi connectivity index (χ1) is 9.19. The molecule has 0 radical (unpaired) electrons. The van der Waals surface area contributed by atoms with Gasteiger partial charge in [0.2, 0.25) is 11.8 Å². The predicted molar refractivity (Wildman–Crippen MR) is 71.9 cm³/mol. The zero-order valence-corrected chi connectivity index (χ0v) is 11.6. The molecule has 6 nitrogen and oxygen atoms in total. The summed E-state index contributed by atoms with van der Waals surface area (Å²) in [6.07, 6.45) is 3.88. The van der Waals surface area contributed by atoms with Gasteiger partial charge in [-0.25, -0.2) is 4.98 Å². The minimum absolute atomic E-state index is 0.0112. The fourth-order valence-corrected chi connectivity index (χ4v) is 2.24. The molecule has 2 rings (SSSR count). The number of hydrogen-bond donors (Lipinski definition) is 1. The molecule has 0 bridgehead atoms. The maximum Gasteiger partial charge on any atom is 0.249 e. The van der Waals surface area contributed by atoms with Crippen LogP contribution in [0.1, 0.15) is 12.8 Å². The molecular weight excluding hydrogens is 266 g/mol. The zero-order chi connectivity index (χ0) is 13.7. The van der Waals surface area contributed by atoms with Crippen LogP contribution in [0.25, 0.3) is 0 Å². The highest BCUT2D eigenvalue weighted by Gasteiger charge is 2.27. The molecule has 1 N–H and O–H groups in total. The van der Waals surface area contributed by atoms with Gasteiger partial charge in [0.25, 0.3) is 0 Å². The van der Waals surface area contributed by atoms with Crippen molar-refractivity contribution < 1.29 is 14.3 Å². The van der Waals surface area contributed by atoms with E-state index in [4.69, 9.17) is 4.74 Å². The van der Waals surface area contributed by atoms with Crippen molar-refractivity contribution in [2.75, 3.05) is 32.1 Å². The molecule has 0 unspecified atom stereocenters. The lowest BCUT2D eigenvalue weighted by Gasteiger charge is -2.21. The zero-order valence-electron chi connectivity index (χ0n) is 10.8. The lowest BCUT2D eigenvalue weighted by atomic mass is 10.3. The van der Waals surface area contributed by atoms with Gasteiger partial charge < -0.3 is 15.0 Å². The van der Waals surface area contributed by atoms with E-state index in [1.807, 2.05) is 0 Å². The van der Waals surface area contributed by atoms with Crippen LogP contribution >= 0.6 is 11.3 Å². The van der Waals surface area contributed by atoms with Gasteiger partial charge in [-0.2, -0.15) is 0 Å². The average Bonchev–Trinajstić information content (AvgIpc) is 3.04. The highest BCUT2D eigenvalue weighted by Crippen LogP contribution is 2.29. The van der Waals surface area contributed by atoms with Gasteiger partial charge in [-0.1, -0.05) is 0 Å². The summed E-state index contributed by atoms with van der Waals surface area (Å²) in [4.78, 5) is 29.2. The molecule has 1 aliphatic carbocycles. The number of nitrogens with zero attached hydrogens (tertiary/aromatic N) is 2. The van der Waals surface area contributed by atoms with Crippen LogP contribution in [-0.2, 0) is 14.3 Å². The van der Waals surface area contributed by atoms with E-state index in [1.165, 1.54) is 18.4 Å². The topological polar surface area (TPSA) is 71.5 Å². The Balaban J connectivity index is 1.86. The second-order valence-corrected chi connectivity index (χ2v) is 5.43. The third-order valence-corrected chi connectivity index (χ3v) is 3.50. The summed E-state index contributed by atoms with van der Waals surface area (Å²) >= 11 is 1.35. The number of nitrogens with one attached hydrogen (secondary N) is 1. The Morgan fingerprint density at radius 1 is 1.58 bits per heavy atom. The maximum atomic E-state index is 11.9. The first kappa shape index (κ1) is 14.0. The molecule has 1 aromatic rings. The van der Waals surface area contributed by atoms with Gasteiger partial charge >= 0.3 is 0 Å². The second-order valence-electron chi connectivity index (χ2n) is 4.54. The summed E-state index contributed by atoms with van der Waals surface area (Å²) in [5, 5.41) is 5.01. The molecule has 1 heterocycles. The van der Waals surface area contributed by atoms with E-state index in [0.29, 0.717) is 17.6 Å². The normalized spacial score (nSPS) is 14.2. The molecule has 2 amide bonds. The number of amides is 2. The number of thiazole rings is 1. The van der Waals surface area contributed by atoms with Crippen LogP contribution in [0.2, 0.25) is 0 Å². The Morgan fingerprint density at radius 3 is 2.95 bits per heavy atom.